The SMILES string of the molecule is COc1ncc(-c2ccc3c(Nc4cc(N)cc(C5CCCC5)c4)c(C(N)=O)cnc3c2)c(OC)n1. The molecule has 0 spiro atoms. The lowest BCUT2D eigenvalue weighted by atomic mass is 9.96. The molecule has 0 aliphatic heterocycles. The van der Waals surface area contributed by atoms with E-state index in [0.29, 0.717) is 39.8 Å². The van der Waals surface area contributed by atoms with Crippen molar-refractivity contribution in [1.82, 2.24) is 15.0 Å². The van der Waals surface area contributed by atoms with Gasteiger partial charge in [0.2, 0.25) is 5.88 Å². The minimum atomic E-state index is -0.568. The third-order valence-corrected chi connectivity index (χ3v) is 6.63. The molecule has 1 aliphatic carbocycles. The van der Waals surface area contributed by atoms with Gasteiger partial charge in [-0.3, -0.25) is 9.78 Å². The molecule has 0 radical (unpaired) electrons. The van der Waals surface area contributed by atoms with Crippen molar-refractivity contribution in [2.24, 2.45) is 5.73 Å². The Labute approximate surface area is 208 Å². The van der Waals surface area contributed by atoms with E-state index in [9.17, 15) is 4.79 Å². The smallest absolute Gasteiger partial charge is 0.319 e. The van der Waals surface area contributed by atoms with Gasteiger partial charge in [0, 0.05) is 29.2 Å². The van der Waals surface area contributed by atoms with E-state index in [-0.39, 0.29) is 6.01 Å². The van der Waals surface area contributed by atoms with Crippen molar-refractivity contribution < 1.29 is 14.3 Å². The number of anilines is 3. The molecule has 0 atom stereocenters. The number of aromatic nitrogens is 3. The highest BCUT2D eigenvalue weighted by Crippen LogP contribution is 2.38. The summed E-state index contributed by atoms with van der Waals surface area (Å²) in [5, 5.41) is 4.16. The Bertz CT molecular complexity index is 1450. The maximum Gasteiger partial charge on any atom is 0.319 e. The highest BCUT2D eigenvalue weighted by atomic mass is 16.5. The second-order valence-electron chi connectivity index (χ2n) is 8.92. The van der Waals surface area contributed by atoms with Crippen LogP contribution < -0.4 is 26.3 Å². The number of nitrogens with two attached hydrogens (primary N) is 2. The van der Waals surface area contributed by atoms with Gasteiger partial charge in [0.25, 0.3) is 5.91 Å². The molecular formula is C27H28N6O3. The van der Waals surface area contributed by atoms with Crippen LogP contribution in [0.2, 0.25) is 0 Å². The van der Waals surface area contributed by atoms with E-state index in [2.05, 4.69) is 26.3 Å². The molecule has 4 aromatic rings. The number of nitrogen functional groups attached to an aromatic ring is 1. The van der Waals surface area contributed by atoms with Crippen LogP contribution in [0.1, 0.15) is 47.5 Å². The molecular weight excluding hydrogens is 456 g/mol. The lowest BCUT2D eigenvalue weighted by Gasteiger charge is -2.17. The van der Waals surface area contributed by atoms with E-state index < -0.39 is 5.91 Å². The zero-order valence-corrected chi connectivity index (χ0v) is 20.2. The summed E-state index contributed by atoms with van der Waals surface area (Å²) in [5.74, 6) is 0.316. The largest absolute Gasteiger partial charge is 0.480 e. The number of amides is 1. The number of pyridine rings is 1. The number of nitrogens with zero attached hydrogens (tertiary/aromatic N) is 3. The van der Waals surface area contributed by atoms with Gasteiger partial charge in [0.05, 0.1) is 36.6 Å². The summed E-state index contributed by atoms with van der Waals surface area (Å²) in [4.78, 5) is 25.3. The van der Waals surface area contributed by atoms with Crippen molar-refractivity contribution in [3.05, 3.63) is 59.9 Å². The molecule has 5 rings (SSSR count). The summed E-state index contributed by atoms with van der Waals surface area (Å²) in [6, 6.07) is 11.9. The van der Waals surface area contributed by atoms with Crippen molar-refractivity contribution in [3.63, 3.8) is 0 Å². The van der Waals surface area contributed by atoms with Crippen LogP contribution in [-0.4, -0.2) is 35.1 Å². The molecule has 9 heteroatoms. The molecule has 2 aromatic carbocycles. The van der Waals surface area contributed by atoms with Crippen LogP contribution >= 0.6 is 0 Å². The Morgan fingerprint density at radius 3 is 2.56 bits per heavy atom. The molecule has 1 aliphatic rings. The summed E-state index contributed by atoms with van der Waals surface area (Å²) in [6.07, 6.45) is 7.91. The summed E-state index contributed by atoms with van der Waals surface area (Å²) < 4.78 is 10.5. The molecule has 2 aromatic heterocycles. The number of methoxy groups -OCH3 is 2. The first kappa shape index (κ1) is 23.3. The Morgan fingerprint density at radius 1 is 1.03 bits per heavy atom. The summed E-state index contributed by atoms with van der Waals surface area (Å²) >= 11 is 0. The highest BCUT2D eigenvalue weighted by molar-refractivity contribution is 6.08. The monoisotopic (exact) mass is 484 g/mol. The first-order valence-corrected chi connectivity index (χ1v) is 11.8. The van der Waals surface area contributed by atoms with Crippen LogP contribution in [0.4, 0.5) is 17.1 Å². The summed E-state index contributed by atoms with van der Waals surface area (Å²) in [7, 11) is 3.04. The van der Waals surface area contributed by atoms with E-state index in [1.54, 1.807) is 6.20 Å². The molecule has 36 heavy (non-hydrogen) atoms. The predicted molar refractivity (Wildman–Crippen MR) is 140 cm³/mol. The fourth-order valence-electron chi connectivity index (χ4n) is 4.87. The van der Waals surface area contributed by atoms with Gasteiger partial charge < -0.3 is 26.3 Å². The third-order valence-electron chi connectivity index (χ3n) is 6.63. The number of nitrogens with one attached hydrogen (secondary N) is 1. The van der Waals surface area contributed by atoms with E-state index in [0.717, 1.165) is 29.5 Å². The van der Waals surface area contributed by atoms with Crippen LogP contribution in [0.5, 0.6) is 11.9 Å². The van der Waals surface area contributed by atoms with Gasteiger partial charge >= 0.3 is 6.01 Å². The predicted octanol–water partition coefficient (Wildman–Crippen LogP) is 4.79. The maximum atomic E-state index is 12.3. The lowest BCUT2D eigenvalue weighted by molar-refractivity contribution is 0.100. The minimum absolute atomic E-state index is 0.214. The first-order valence-electron chi connectivity index (χ1n) is 11.8. The Kier molecular flexibility index (Phi) is 6.28. The van der Waals surface area contributed by atoms with Crippen molar-refractivity contribution in [1.29, 1.82) is 0 Å². The number of fused-ring (bicyclic) bond motifs is 1. The number of rotatable bonds is 7. The van der Waals surface area contributed by atoms with E-state index in [1.807, 2.05) is 30.3 Å². The molecule has 5 N–H and O–H groups in total. The van der Waals surface area contributed by atoms with Gasteiger partial charge in [0.1, 0.15) is 0 Å². The van der Waals surface area contributed by atoms with Crippen LogP contribution in [0, 0.1) is 0 Å². The Morgan fingerprint density at radius 2 is 1.83 bits per heavy atom. The van der Waals surface area contributed by atoms with E-state index in [4.69, 9.17) is 20.9 Å². The molecule has 2 heterocycles. The average Bonchev–Trinajstić information content (AvgIpc) is 3.43. The number of hydrogen-bond acceptors (Lipinski definition) is 8. The Hall–Kier alpha value is -4.40. The third kappa shape index (κ3) is 4.47. The standard InChI is InChI=1S/C27H28N6O3/c1-35-26-21(13-31-27(33-26)36-2)16-7-8-20-23(11-16)30-14-22(25(29)34)24(20)32-19-10-17(9-18(28)12-19)15-5-3-4-6-15/h7-15H,3-6,28H2,1-2H3,(H2,29,34)(H,30,32). The quantitative estimate of drug-likeness (QED) is 0.318. The molecule has 9 nitrogen and oxygen atoms in total. The van der Waals surface area contributed by atoms with Crippen LogP contribution in [0.3, 0.4) is 0 Å². The fraction of sp³-hybridized carbons (Fsp3) is 0.259. The Balaban J connectivity index is 1.58. The normalized spacial score (nSPS) is 13.6. The zero-order valence-electron chi connectivity index (χ0n) is 20.2. The zero-order chi connectivity index (χ0) is 25.2. The molecule has 0 saturated heterocycles. The van der Waals surface area contributed by atoms with Crippen molar-refractivity contribution in [2.75, 3.05) is 25.3 Å². The highest BCUT2D eigenvalue weighted by Gasteiger charge is 2.20. The molecule has 184 valence electrons. The number of carbonyl (C=O) groups is 1. The van der Waals surface area contributed by atoms with Gasteiger partial charge in [-0.25, -0.2) is 4.98 Å². The fourth-order valence-corrected chi connectivity index (χ4v) is 4.87. The molecule has 1 fully saturated rings. The van der Waals surface area contributed by atoms with Crippen LogP contribution in [0.25, 0.3) is 22.0 Å². The van der Waals surface area contributed by atoms with Gasteiger partial charge in [-0.15, -0.1) is 0 Å². The molecule has 1 saturated carbocycles. The van der Waals surface area contributed by atoms with Gasteiger partial charge in [-0.05, 0) is 54.2 Å². The number of primary amides is 1. The lowest BCUT2D eigenvalue weighted by Crippen LogP contribution is -2.14. The second-order valence-corrected chi connectivity index (χ2v) is 8.92. The first-order chi connectivity index (χ1) is 17.5. The number of carbonyl (C=O) groups excluding carboxylic acids is 1. The maximum absolute atomic E-state index is 12.3. The number of ether oxygens (including phenoxy) is 2. The van der Waals surface area contributed by atoms with Crippen LogP contribution in [-0.2, 0) is 0 Å². The molecule has 0 bridgehead atoms. The number of hydrogen-bond donors (Lipinski definition) is 3. The van der Waals surface area contributed by atoms with Gasteiger partial charge in [-0.1, -0.05) is 25.0 Å². The summed E-state index contributed by atoms with van der Waals surface area (Å²) in [6.45, 7) is 0. The van der Waals surface area contributed by atoms with Crippen LogP contribution in [0.15, 0.2) is 48.8 Å². The average molecular weight is 485 g/mol. The molecule has 0 unspecified atom stereocenters. The summed E-state index contributed by atoms with van der Waals surface area (Å²) in [5.41, 5.74) is 17.7. The van der Waals surface area contributed by atoms with Crippen molar-refractivity contribution >= 4 is 33.9 Å². The van der Waals surface area contributed by atoms with Gasteiger partial charge in [0.15, 0.2) is 0 Å². The van der Waals surface area contributed by atoms with E-state index >= 15 is 0 Å². The van der Waals surface area contributed by atoms with Gasteiger partial charge in [-0.2, -0.15) is 4.98 Å². The van der Waals surface area contributed by atoms with E-state index in [1.165, 1.54) is 38.8 Å². The van der Waals surface area contributed by atoms with Crippen molar-refractivity contribution in [2.45, 2.75) is 31.6 Å². The number of benzene rings is 2. The molecule has 1 amide bonds. The second kappa shape index (κ2) is 9.69. The topological polar surface area (TPSA) is 138 Å². The van der Waals surface area contributed by atoms with Crippen molar-refractivity contribution in [3.8, 4) is 23.0 Å². The minimum Gasteiger partial charge on any atom is -0.480 e.